The fourth-order valence-corrected chi connectivity index (χ4v) is 3.21. The summed E-state index contributed by atoms with van der Waals surface area (Å²) >= 11 is 0. The normalized spacial score (nSPS) is 26.2. The number of anilines is 1. The molecule has 2 atom stereocenters. The standard InChI is InChI=1S/C14H20N4O/c1-15-13-9-10(4-6-16-13)14(19)17-11-5-8-18-7-2-3-12(11)18/h4,6,9,11-12H,2-3,5,7-8H2,1H3,(H,15,16)(H,17,19). The summed E-state index contributed by atoms with van der Waals surface area (Å²) in [5.74, 6) is 0.735. The van der Waals surface area contributed by atoms with Crippen molar-refractivity contribution in [2.75, 3.05) is 25.5 Å². The summed E-state index contributed by atoms with van der Waals surface area (Å²) in [7, 11) is 1.80. The first-order chi connectivity index (χ1) is 9.28. The number of carbonyl (C=O) groups is 1. The Kier molecular flexibility index (Phi) is 3.38. The Labute approximate surface area is 113 Å². The Morgan fingerprint density at radius 2 is 2.32 bits per heavy atom. The third-order valence-electron chi connectivity index (χ3n) is 4.20. The first-order valence-corrected chi connectivity index (χ1v) is 6.96. The van der Waals surface area contributed by atoms with E-state index in [0.717, 1.165) is 18.8 Å². The van der Waals surface area contributed by atoms with Gasteiger partial charge in [-0.2, -0.15) is 0 Å². The number of hydrogen-bond donors (Lipinski definition) is 2. The minimum Gasteiger partial charge on any atom is -0.373 e. The summed E-state index contributed by atoms with van der Waals surface area (Å²) in [6.07, 6.45) is 5.21. The number of rotatable bonds is 3. The van der Waals surface area contributed by atoms with Gasteiger partial charge in [-0.05, 0) is 37.9 Å². The maximum absolute atomic E-state index is 12.3. The van der Waals surface area contributed by atoms with Crippen LogP contribution in [0.3, 0.4) is 0 Å². The predicted octanol–water partition coefficient (Wildman–Crippen LogP) is 1.09. The summed E-state index contributed by atoms with van der Waals surface area (Å²) < 4.78 is 0. The molecule has 2 saturated heterocycles. The molecule has 1 aromatic rings. The van der Waals surface area contributed by atoms with Crippen molar-refractivity contribution in [3.05, 3.63) is 23.9 Å². The van der Waals surface area contributed by atoms with E-state index in [4.69, 9.17) is 0 Å². The monoisotopic (exact) mass is 260 g/mol. The summed E-state index contributed by atoms with van der Waals surface area (Å²) in [5, 5.41) is 6.14. The van der Waals surface area contributed by atoms with Gasteiger partial charge in [0, 0.05) is 37.4 Å². The van der Waals surface area contributed by atoms with Crippen LogP contribution in [0.4, 0.5) is 5.82 Å². The van der Waals surface area contributed by atoms with Crippen LogP contribution in [0.5, 0.6) is 0 Å². The number of carbonyl (C=O) groups excluding carboxylic acids is 1. The van der Waals surface area contributed by atoms with Gasteiger partial charge in [0.15, 0.2) is 0 Å². The van der Waals surface area contributed by atoms with Crippen LogP contribution in [-0.2, 0) is 0 Å². The molecule has 0 aromatic carbocycles. The van der Waals surface area contributed by atoms with Gasteiger partial charge in [0.1, 0.15) is 5.82 Å². The molecule has 0 radical (unpaired) electrons. The van der Waals surface area contributed by atoms with Gasteiger partial charge in [-0.1, -0.05) is 0 Å². The van der Waals surface area contributed by atoms with Gasteiger partial charge in [-0.25, -0.2) is 4.98 Å². The van der Waals surface area contributed by atoms with Crippen LogP contribution in [0.15, 0.2) is 18.3 Å². The summed E-state index contributed by atoms with van der Waals surface area (Å²) in [5.41, 5.74) is 0.677. The average molecular weight is 260 g/mol. The van der Waals surface area contributed by atoms with Crippen molar-refractivity contribution in [1.82, 2.24) is 15.2 Å². The van der Waals surface area contributed by atoms with E-state index in [1.54, 1.807) is 25.4 Å². The van der Waals surface area contributed by atoms with Gasteiger partial charge in [0.25, 0.3) is 5.91 Å². The van der Waals surface area contributed by atoms with Crippen LogP contribution < -0.4 is 10.6 Å². The first-order valence-electron chi connectivity index (χ1n) is 6.96. The molecule has 2 fully saturated rings. The lowest BCUT2D eigenvalue weighted by molar-refractivity contribution is 0.0929. The zero-order valence-electron chi connectivity index (χ0n) is 11.2. The summed E-state index contributed by atoms with van der Waals surface area (Å²) in [6, 6.07) is 4.41. The van der Waals surface area contributed by atoms with Gasteiger partial charge in [-0.3, -0.25) is 9.69 Å². The molecule has 2 aliphatic rings. The number of aromatic nitrogens is 1. The minimum absolute atomic E-state index is 0.0117. The molecule has 2 N–H and O–H groups in total. The second-order valence-corrected chi connectivity index (χ2v) is 5.29. The lowest BCUT2D eigenvalue weighted by Gasteiger charge is -2.21. The number of hydrogen-bond acceptors (Lipinski definition) is 4. The Morgan fingerprint density at radius 3 is 3.16 bits per heavy atom. The van der Waals surface area contributed by atoms with E-state index >= 15 is 0 Å². The molecule has 0 bridgehead atoms. The smallest absolute Gasteiger partial charge is 0.251 e. The van der Waals surface area contributed by atoms with E-state index in [1.165, 1.54) is 19.4 Å². The highest BCUT2D eigenvalue weighted by atomic mass is 16.1. The number of amides is 1. The van der Waals surface area contributed by atoms with Crippen molar-refractivity contribution in [1.29, 1.82) is 0 Å². The highest BCUT2D eigenvalue weighted by molar-refractivity contribution is 5.95. The molecule has 5 nitrogen and oxygen atoms in total. The van der Waals surface area contributed by atoms with Crippen LogP contribution in [0.25, 0.3) is 0 Å². The van der Waals surface area contributed by atoms with Gasteiger partial charge in [0.05, 0.1) is 0 Å². The molecule has 3 heterocycles. The van der Waals surface area contributed by atoms with Crippen LogP contribution in [-0.4, -0.2) is 48.0 Å². The molecular weight excluding hydrogens is 240 g/mol. The van der Waals surface area contributed by atoms with Crippen LogP contribution in [0.2, 0.25) is 0 Å². The second-order valence-electron chi connectivity index (χ2n) is 5.29. The van der Waals surface area contributed by atoms with Gasteiger partial charge >= 0.3 is 0 Å². The number of pyridine rings is 1. The lowest BCUT2D eigenvalue weighted by Crippen LogP contribution is -2.42. The van der Waals surface area contributed by atoms with Crippen LogP contribution in [0, 0.1) is 0 Å². The maximum atomic E-state index is 12.3. The third-order valence-corrected chi connectivity index (χ3v) is 4.20. The van der Waals surface area contributed by atoms with E-state index < -0.39 is 0 Å². The topological polar surface area (TPSA) is 57.3 Å². The Balaban J connectivity index is 1.67. The molecule has 5 heteroatoms. The number of nitrogens with one attached hydrogen (secondary N) is 2. The van der Waals surface area contributed by atoms with E-state index in [1.807, 2.05) is 0 Å². The van der Waals surface area contributed by atoms with Crippen LogP contribution >= 0.6 is 0 Å². The summed E-state index contributed by atoms with van der Waals surface area (Å²) in [4.78, 5) is 18.9. The van der Waals surface area contributed by atoms with E-state index in [9.17, 15) is 4.79 Å². The highest BCUT2D eigenvalue weighted by Crippen LogP contribution is 2.28. The lowest BCUT2D eigenvalue weighted by atomic mass is 10.1. The van der Waals surface area contributed by atoms with Crippen LogP contribution in [0.1, 0.15) is 29.6 Å². The third kappa shape index (κ3) is 2.42. The molecule has 102 valence electrons. The van der Waals surface area contributed by atoms with Crippen molar-refractivity contribution in [3.63, 3.8) is 0 Å². The molecule has 0 spiro atoms. The number of fused-ring (bicyclic) bond motifs is 1. The Bertz CT molecular complexity index is 476. The molecule has 2 unspecified atom stereocenters. The fraction of sp³-hybridized carbons (Fsp3) is 0.571. The van der Waals surface area contributed by atoms with Gasteiger partial charge < -0.3 is 10.6 Å². The fourth-order valence-electron chi connectivity index (χ4n) is 3.21. The van der Waals surface area contributed by atoms with Gasteiger partial charge in [0.2, 0.25) is 0 Å². The maximum Gasteiger partial charge on any atom is 0.251 e. The van der Waals surface area contributed by atoms with Crippen molar-refractivity contribution < 1.29 is 4.79 Å². The summed E-state index contributed by atoms with van der Waals surface area (Å²) in [6.45, 7) is 2.31. The zero-order valence-corrected chi connectivity index (χ0v) is 11.2. The quantitative estimate of drug-likeness (QED) is 0.854. The van der Waals surface area contributed by atoms with Crippen molar-refractivity contribution in [2.45, 2.75) is 31.3 Å². The predicted molar refractivity (Wildman–Crippen MR) is 74.2 cm³/mol. The molecule has 2 aliphatic heterocycles. The molecule has 0 aliphatic carbocycles. The molecule has 1 aromatic heterocycles. The van der Waals surface area contributed by atoms with Crippen molar-refractivity contribution in [3.8, 4) is 0 Å². The first kappa shape index (κ1) is 12.4. The van der Waals surface area contributed by atoms with E-state index in [2.05, 4.69) is 20.5 Å². The van der Waals surface area contributed by atoms with Gasteiger partial charge in [-0.15, -0.1) is 0 Å². The molecule has 19 heavy (non-hydrogen) atoms. The number of nitrogens with zero attached hydrogens (tertiary/aromatic N) is 2. The van der Waals surface area contributed by atoms with E-state index in [0.29, 0.717) is 17.6 Å². The minimum atomic E-state index is 0.0117. The molecule has 0 saturated carbocycles. The second kappa shape index (κ2) is 5.17. The average Bonchev–Trinajstić information content (AvgIpc) is 3.04. The highest BCUT2D eigenvalue weighted by Gasteiger charge is 2.37. The Morgan fingerprint density at radius 1 is 1.42 bits per heavy atom. The SMILES string of the molecule is CNc1cc(C(=O)NC2CCN3CCCC23)ccn1. The molecule has 1 amide bonds. The largest absolute Gasteiger partial charge is 0.373 e. The molecular formula is C14H20N4O. The van der Waals surface area contributed by atoms with E-state index in [-0.39, 0.29) is 5.91 Å². The van der Waals surface area contributed by atoms with Crippen molar-refractivity contribution >= 4 is 11.7 Å². The zero-order chi connectivity index (χ0) is 13.2. The Hall–Kier alpha value is -1.62. The van der Waals surface area contributed by atoms with Crippen molar-refractivity contribution in [2.24, 2.45) is 0 Å². The molecule has 3 rings (SSSR count).